The molecule has 0 heterocycles. The van der Waals surface area contributed by atoms with Crippen LogP contribution >= 0.6 is 11.6 Å². The van der Waals surface area contributed by atoms with Gasteiger partial charge in [0, 0.05) is 6.08 Å². The van der Waals surface area contributed by atoms with Crippen molar-refractivity contribution in [2.45, 2.75) is 5.38 Å². The van der Waals surface area contributed by atoms with E-state index in [4.69, 9.17) is 16.7 Å². The molecule has 1 unspecified atom stereocenters. The van der Waals surface area contributed by atoms with Gasteiger partial charge in [0.05, 0.1) is 5.38 Å². The van der Waals surface area contributed by atoms with E-state index in [1.54, 1.807) is 0 Å². The van der Waals surface area contributed by atoms with Gasteiger partial charge >= 0.3 is 5.97 Å². The lowest BCUT2D eigenvalue weighted by Gasteiger charge is -1.88. The molecule has 0 aromatic carbocycles. The zero-order chi connectivity index (χ0) is 7.28. The van der Waals surface area contributed by atoms with E-state index < -0.39 is 5.97 Å². The van der Waals surface area contributed by atoms with E-state index in [1.807, 2.05) is 0 Å². The minimum absolute atomic E-state index is 0.388. The standard InChI is InChI=1S/C6H7ClO2/c1-2-5(7)3-4-6(8)9/h2-5H,1H2,(H,8,9). The molecule has 0 saturated heterocycles. The molecule has 0 saturated carbocycles. The van der Waals surface area contributed by atoms with Crippen LogP contribution in [0.15, 0.2) is 24.8 Å². The van der Waals surface area contributed by atoms with Crippen LogP contribution in [0.5, 0.6) is 0 Å². The summed E-state index contributed by atoms with van der Waals surface area (Å²) in [5.74, 6) is -0.998. The lowest BCUT2D eigenvalue weighted by Crippen LogP contribution is -1.90. The van der Waals surface area contributed by atoms with Crippen LogP contribution in [0.2, 0.25) is 0 Å². The molecular formula is C6H7ClO2. The highest BCUT2D eigenvalue weighted by atomic mass is 35.5. The molecule has 0 aromatic rings. The Morgan fingerprint density at radius 1 is 1.78 bits per heavy atom. The van der Waals surface area contributed by atoms with Crippen molar-refractivity contribution < 1.29 is 9.90 Å². The third-order valence-electron chi connectivity index (χ3n) is 0.648. The summed E-state index contributed by atoms with van der Waals surface area (Å²) in [7, 11) is 0. The maximum absolute atomic E-state index is 9.84. The van der Waals surface area contributed by atoms with E-state index in [1.165, 1.54) is 12.2 Å². The first-order valence-electron chi connectivity index (χ1n) is 2.34. The molecule has 50 valence electrons. The Morgan fingerprint density at radius 3 is 2.67 bits per heavy atom. The molecule has 1 atom stereocenters. The van der Waals surface area contributed by atoms with E-state index in [0.29, 0.717) is 0 Å². The van der Waals surface area contributed by atoms with Crippen molar-refractivity contribution in [1.82, 2.24) is 0 Å². The second kappa shape index (κ2) is 4.15. The van der Waals surface area contributed by atoms with Gasteiger partial charge in [0.15, 0.2) is 0 Å². The number of hydrogen-bond donors (Lipinski definition) is 1. The molecular weight excluding hydrogens is 140 g/mol. The number of halogens is 1. The zero-order valence-electron chi connectivity index (χ0n) is 4.75. The molecule has 0 rings (SSSR count). The number of carboxylic acid groups (broad SMARTS) is 1. The van der Waals surface area contributed by atoms with Crippen molar-refractivity contribution in [3.63, 3.8) is 0 Å². The van der Waals surface area contributed by atoms with E-state index in [2.05, 4.69) is 6.58 Å². The molecule has 0 radical (unpaired) electrons. The van der Waals surface area contributed by atoms with Gasteiger partial charge in [-0.2, -0.15) is 0 Å². The van der Waals surface area contributed by atoms with E-state index in [0.717, 1.165) is 6.08 Å². The Morgan fingerprint density at radius 2 is 2.33 bits per heavy atom. The average Bonchev–Trinajstić information content (AvgIpc) is 1.83. The summed E-state index contributed by atoms with van der Waals surface area (Å²) in [6.45, 7) is 3.36. The fourth-order valence-corrected chi connectivity index (χ4v) is 0.326. The van der Waals surface area contributed by atoms with Gasteiger partial charge in [-0.15, -0.1) is 18.2 Å². The molecule has 3 heteroatoms. The van der Waals surface area contributed by atoms with Crippen molar-refractivity contribution in [3.05, 3.63) is 24.8 Å². The van der Waals surface area contributed by atoms with Gasteiger partial charge in [0.25, 0.3) is 0 Å². The van der Waals surface area contributed by atoms with Crippen LogP contribution in [-0.2, 0) is 4.79 Å². The van der Waals surface area contributed by atoms with E-state index in [-0.39, 0.29) is 5.38 Å². The first-order chi connectivity index (χ1) is 4.16. The second-order valence-electron chi connectivity index (χ2n) is 1.38. The summed E-state index contributed by atoms with van der Waals surface area (Å²) < 4.78 is 0. The van der Waals surface area contributed by atoms with Crippen LogP contribution < -0.4 is 0 Å². The molecule has 0 aliphatic heterocycles. The monoisotopic (exact) mass is 146 g/mol. The quantitative estimate of drug-likeness (QED) is 0.372. The van der Waals surface area contributed by atoms with Gasteiger partial charge in [-0.1, -0.05) is 12.2 Å². The van der Waals surface area contributed by atoms with Crippen LogP contribution in [0.3, 0.4) is 0 Å². The normalized spacial score (nSPS) is 13.4. The van der Waals surface area contributed by atoms with Gasteiger partial charge in [-0.25, -0.2) is 4.79 Å². The number of aliphatic carboxylic acids is 1. The van der Waals surface area contributed by atoms with Crippen LogP contribution in [0.4, 0.5) is 0 Å². The first kappa shape index (κ1) is 8.24. The number of carboxylic acids is 1. The Hall–Kier alpha value is -0.760. The highest BCUT2D eigenvalue weighted by Crippen LogP contribution is 1.96. The number of hydrogen-bond acceptors (Lipinski definition) is 1. The van der Waals surface area contributed by atoms with Gasteiger partial charge in [0.2, 0.25) is 0 Å². The highest BCUT2D eigenvalue weighted by Gasteiger charge is 1.91. The summed E-state index contributed by atoms with van der Waals surface area (Å²) in [6.07, 6.45) is 3.78. The Labute approximate surface area is 58.4 Å². The summed E-state index contributed by atoms with van der Waals surface area (Å²) in [5, 5.41) is 7.69. The SMILES string of the molecule is C=CC(Cl)C=CC(=O)O. The highest BCUT2D eigenvalue weighted by molar-refractivity contribution is 6.23. The largest absolute Gasteiger partial charge is 0.478 e. The first-order valence-corrected chi connectivity index (χ1v) is 2.78. The van der Waals surface area contributed by atoms with Gasteiger partial charge in [0.1, 0.15) is 0 Å². The minimum atomic E-state index is -0.998. The Bertz CT molecular complexity index is 140. The summed E-state index contributed by atoms with van der Waals surface area (Å²) >= 11 is 5.44. The molecule has 2 nitrogen and oxygen atoms in total. The van der Waals surface area contributed by atoms with E-state index >= 15 is 0 Å². The maximum atomic E-state index is 9.84. The van der Waals surface area contributed by atoms with Crippen molar-refractivity contribution in [1.29, 1.82) is 0 Å². The number of carbonyl (C=O) groups is 1. The Balaban J connectivity index is 3.69. The third kappa shape index (κ3) is 5.11. The van der Waals surface area contributed by atoms with Crippen molar-refractivity contribution >= 4 is 17.6 Å². The van der Waals surface area contributed by atoms with E-state index in [9.17, 15) is 4.79 Å². The van der Waals surface area contributed by atoms with Gasteiger partial charge < -0.3 is 5.11 Å². The third-order valence-corrected chi connectivity index (χ3v) is 0.971. The molecule has 0 amide bonds. The lowest BCUT2D eigenvalue weighted by atomic mass is 10.4. The van der Waals surface area contributed by atoms with Crippen LogP contribution in [0.1, 0.15) is 0 Å². The zero-order valence-corrected chi connectivity index (χ0v) is 5.51. The van der Waals surface area contributed by atoms with Crippen molar-refractivity contribution in [3.8, 4) is 0 Å². The van der Waals surface area contributed by atoms with Gasteiger partial charge in [-0.3, -0.25) is 0 Å². The fourth-order valence-electron chi connectivity index (χ4n) is 0.253. The maximum Gasteiger partial charge on any atom is 0.328 e. The molecule has 0 aliphatic carbocycles. The summed E-state index contributed by atoms with van der Waals surface area (Å²) in [4.78, 5) is 9.84. The Kier molecular flexibility index (Phi) is 3.80. The van der Waals surface area contributed by atoms with Crippen molar-refractivity contribution in [2.75, 3.05) is 0 Å². The molecule has 0 aromatic heterocycles. The van der Waals surface area contributed by atoms with Crippen LogP contribution in [-0.4, -0.2) is 16.5 Å². The topological polar surface area (TPSA) is 37.3 Å². The van der Waals surface area contributed by atoms with Crippen molar-refractivity contribution in [2.24, 2.45) is 0 Å². The average molecular weight is 147 g/mol. The molecule has 0 aliphatic rings. The lowest BCUT2D eigenvalue weighted by molar-refractivity contribution is -0.131. The van der Waals surface area contributed by atoms with Gasteiger partial charge in [-0.05, 0) is 0 Å². The summed E-state index contributed by atoms with van der Waals surface area (Å²) in [5.41, 5.74) is 0. The second-order valence-corrected chi connectivity index (χ2v) is 1.88. The molecule has 0 spiro atoms. The molecule has 0 fully saturated rings. The number of allylic oxidation sites excluding steroid dienone is 2. The van der Waals surface area contributed by atoms with Crippen LogP contribution in [0, 0.1) is 0 Å². The fraction of sp³-hybridized carbons (Fsp3) is 0.167. The number of alkyl halides is 1. The molecule has 9 heavy (non-hydrogen) atoms. The number of rotatable bonds is 3. The molecule has 1 N–H and O–H groups in total. The van der Waals surface area contributed by atoms with Crippen LogP contribution in [0.25, 0.3) is 0 Å². The minimum Gasteiger partial charge on any atom is -0.478 e. The predicted octanol–water partition coefficient (Wildman–Crippen LogP) is 1.42. The summed E-state index contributed by atoms with van der Waals surface area (Å²) in [6, 6.07) is 0. The smallest absolute Gasteiger partial charge is 0.328 e. The molecule has 0 bridgehead atoms. The predicted molar refractivity (Wildman–Crippen MR) is 36.6 cm³/mol.